The van der Waals surface area contributed by atoms with Crippen LogP contribution in [0.3, 0.4) is 0 Å². The van der Waals surface area contributed by atoms with Gasteiger partial charge in [0.1, 0.15) is 0 Å². The molecule has 4 nitrogen and oxygen atoms in total. The predicted octanol–water partition coefficient (Wildman–Crippen LogP) is 1.84. The number of hydrogen-bond donors (Lipinski definition) is 0. The van der Waals surface area contributed by atoms with Crippen molar-refractivity contribution in [2.24, 2.45) is 5.92 Å². The number of nitrogens with zero attached hydrogens (tertiary/aromatic N) is 3. The van der Waals surface area contributed by atoms with E-state index in [1.165, 1.54) is 19.3 Å². The van der Waals surface area contributed by atoms with E-state index in [4.69, 9.17) is 0 Å². The SMILES string of the molecule is O=c1c2ccccc2cnn1CN1CC2CCC1C2. The van der Waals surface area contributed by atoms with Crippen molar-refractivity contribution < 1.29 is 0 Å². The molecule has 2 aliphatic rings. The molecule has 2 fully saturated rings. The van der Waals surface area contributed by atoms with Crippen LogP contribution in [0.5, 0.6) is 0 Å². The van der Waals surface area contributed by atoms with Gasteiger partial charge in [-0.15, -0.1) is 0 Å². The third-order valence-corrected chi connectivity index (χ3v) is 4.60. The second-order valence-corrected chi connectivity index (χ2v) is 5.78. The molecule has 4 rings (SSSR count). The molecule has 0 radical (unpaired) electrons. The van der Waals surface area contributed by atoms with Crippen LogP contribution >= 0.6 is 0 Å². The number of likely N-dealkylation sites (tertiary alicyclic amines) is 1. The van der Waals surface area contributed by atoms with Crippen molar-refractivity contribution in [2.45, 2.75) is 32.0 Å². The maximum Gasteiger partial charge on any atom is 0.275 e. The average Bonchev–Trinajstić information content (AvgIpc) is 3.05. The van der Waals surface area contributed by atoms with Gasteiger partial charge >= 0.3 is 0 Å². The summed E-state index contributed by atoms with van der Waals surface area (Å²) in [7, 11) is 0. The highest BCUT2D eigenvalue weighted by Crippen LogP contribution is 2.37. The van der Waals surface area contributed by atoms with Crippen molar-refractivity contribution in [2.75, 3.05) is 6.54 Å². The van der Waals surface area contributed by atoms with E-state index >= 15 is 0 Å². The van der Waals surface area contributed by atoms with E-state index in [0.717, 1.165) is 23.2 Å². The summed E-state index contributed by atoms with van der Waals surface area (Å²) >= 11 is 0. The average molecular weight is 255 g/mol. The molecule has 2 unspecified atom stereocenters. The van der Waals surface area contributed by atoms with E-state index in [1.807, 2.05) is 24.3 Å². The van der Waals surface area contributed by atoms with E-state index in [-0.39, 0.29) is 5.56 Å². The summed E-state index contributed by atoms with van der Waals surface area (Å²) < 4.78 is 1.61. The predicted molar refractivity (Wildman–Crippen MR) is 73.8 cm³/mol. The first kappa shape index (κ1) is 11.2. The highest BCUT2D eigenvalue weighted by Gasteiger charge is 2.37. The van der Waals surface area contributed by atoms with E-state index in [1.54, 1.807) is 10.9 Å². The molecule has 1 aromatic carbocycles. The Morgan fingerprint density at radius 1 is 1.26 bits per heavy atom. The van der Waals surface area contributed by atoms with Gasteiger partial charge in [0.15, 0.2) is 0 Å². The minimum Gasteiger partial charge on any atom is -0.281 e. The summed E-state index contributed by atoms with van der Waals surface area (Å²) in [6, 6.07) is 8.34. The van der Waals surface area contributed by atoms with Gasteiger partial charge < -0.3 is 0 Å². The Kier molecular flexibility index (Phi) is 2.45. The molecule has 1 aliphatic carbocycles. The van der Waals surface area contributed by atoms with Crippen molar-refractivity contribution in [1.29, 1.82) is 0 Å². The Bertz CT molecular complexity index is 678. The van der Waals surface area contributed by atoms with Crippen molar-refractivity contribution in [3.05, 3.63) is 40.8 Å². The molecule has 0 N–H and O–H groups in total. The molecule has 1 aliphatic heterocycles. The second kappa shape index (κ2) is 4.17. The zero-order chi connectivity index (χ0) is 12.8. The first-order valence-electron chi connectivity index (χ1n) is 7.00. The molecule has 0 spiro atoms. The molecule has 1 saturated carbocycles. The summed E-state index contributed by atoms with van der Waals surface area (Å²) in [5.41, 5.74) is 0.0286. The Morgan fingerprint density at radius 3 is 2.95 bits per heavy atom. The number of benzene rings is 1. The topological polar surface area (TPSA) is 38.1 Å². The van der Waals surface area contributed by atoms with E-state index in [0.29, 0.717) is 12.7 Å². The van der Waals surface area contributed by atoms with E-state index in [2.05, 4.69) is 10.00 Å². The fourth-order valence-electron chi connectivity index (χ4n) is 3.60. The van der Waals surface area contributed by atoms with Crippen molar-refractivity contribution in [3.8, 4) is 0 Å². The first-order valence-corrected chi connectivity index (χ1v) is 7.00. The highest BCUT2D eigenvalue weighted by molar-refractivity contribution is 5.80. The van der Waals surface area contributed by atoms with Crippen molar-refractivity contribution >= 4 is 10.8 Å². The lowest BCUT2D eigenvalue weighted by Gasteiger charge is -2.26. The minimum absolute atomic E-state index is 0.0286. The van der Waals surface area contributed by atoms with Crippen LogP contribution in [0.15, 0.2) is 35.3 Å². The number of hydrogen-bond acceptors (Lipinski definition) is 3. The molecule has 4 heteroatoms. The minimum atomic E-state index is 0.0286. The van der Waals surface area contributed by atoms with Gasteiger partial charge in [-0.2, -0.15) is 5.10 Å². The summed E-state index contributed by atoms with van der Waals surface area (Å²) in [6.45, 7) is 1.77. The molecule has 2 heterocycles. The van der Waals surface area contributed by atoms with Crippen molar-refractivity contribution in [1.82, 2.24) is 14.7 Å². The van der Waals surface area contributed by atoms with Crippen molar-refractivity contribution in [3.63, 3.8) is 0 Å². The fourth-order valence-corrected chi connectivity index (χ4v) is 3.60. The standard InChI is InChI=1S/C15H17N3O/c19-15-14-4-2-1-3-12(14)8-16-18(15)10-17-9-11-5-6-13(17)7-11/h1-4,8,11,13H,5-7,9-10H2. The lowest BCUT2D eigenvalue weighted by Crippen LogP contribution is -2.38. The van der Waals surface area contributed by atoms with Crippen LogP contribution in [-0.4, -0.2) is 27.3 Å². The maximum absolute atomic E-state index is 12.4. The molecule has 98 valence electrons. The van der Waals surface area contributed by atoms with Gasteiger partial charge in [0.25, 0.3) is 5.56 Å². The van der Waals surface area contributed by atoms with Gasteiger partial charge in [-0.1, -0.05) is 18.2 Å². The third-order valence-electron chi connectivity index (χ3n) is 4.60. The van der Waals surface area contributed by atoms with Gasteiger partial charge in [-0.3, -0.25) is 9.69 Å². The van der Waals surface area contributed by atoms with Crippen LogP contribution in [0, 0.1) is 5.92 Å². The molecule has 2 aromatic rings. The molecule has 2 atom stereocenters. The number of piperidine rings is 1. The second-order valence-electron chi connectivity index (χ2n) is 5.78. The molecular formula is C15H17N3O. The first-order chi connectivity index (χ1) is 9.31. The molecule has 2 bridgehead atoms. The highest BCUT2D eigenvalue weighted by atomic mass is 16.1. The van der Waals surface area contributed by atoms with E-state index < -0.39 is 0 Å². The summed E-state index contributed by atoms with van der Waals surface area (Å²) in [6.07, 6.45) is 5.75. The zero-order valence-corrected chi connectivity index (χ0v) is 10.8. The molecule has 0 amide bonds. The third kappa shape index (κ3) is 1.78. The van der Waals surface area contributed by atoms with Crippen LogP contribution in [0.25, 0.3) is 10.8 Å². The van der Waals surface area contributed by atoms with Crippen LogP contribution in [-0.2, 0) is 6.67 Å². The molecule has 19 heavy (non-hydrogen) atoms. The molecular weight excluding hydrogens is 238 g/mol. The number of aromatic nitrogens is 2. The lowest BCUT2D eigenvalue weighted by molar-refractivity contribution is 0.156. The van der Waals surface area contributed by atoms with Gasteiger partial charge in [-0.25, -0.2) is 4.68 Å². The van der Waals surface area contributed by atoms with E-state index in [9.17, 15) is 4.79 Å². The Hall–Kier alpha value is -1.68. The Morgan fingerprint density at radius 2 is 2.16 bits per heavy atom. The smallest absolute Gasteiger partial charge is 0.275 e. The normalized spacial score (nSPS) is 26.3. The largest absolute Gasteiger partial charge is 0.281 e. The Balaban J connectivity index is 1.68. The van der Waals surface area contributed by atoms with Gasteiger partial charge in [0.2, 0.25) is 0 Å². The molecule has 1 saturated heterocycles. The monoisotopic (exact) mass is 255 g/mol. The summed E-state index contributed by atoms with van der Waals surface area (Å²) in [5, 5.41) is 6.00. The van der Waals surface area contributed by atoms with Gasteiger partial charge in [-0.05, 0) is 31.2 Å². The summed E-state index contributed by atoms with van der Waals surface area (Å²) in [5.74, 6) is 0.848. The van der Waals surface area contributed by atoms with Crippen LogP contribution in [0.4, 0.5) is 0 Å². The van der Waals surface area contributed by atoms with Gasteiger partial charge in [0.05, 0.1) is 18.3 Å². The quantitative estimate of drug-likeness (QED) is 0.822. The van der Waals surface area contributed by atoms with Gasteiger partial charge in [0, 0.05) is 18.0 Å². The number of rotatable bonds is 2. The lowest BCUT2D eigenvalue weighted by atomic mass is 10.1. The fraction of sp³-hybridized carbons (Fsp3) is 0.467. The molecule has 1 aromatic heterocycles. The zero-order valence-electron chi connectivity index (χ0n) is 10.8. The maximum atomic E-state index is 12.4. The van der Waals surface area contributed by atoms with Crippen LogP contribution < -0.4 is 5.56 Å². The number of fused-ring (bicyclic) bond motifs is 3. The van der Waals surface area contributed by atoms with Crippen LogP contribution in [0.2, 0.25) is 0 Å². The van der Waals surface area contributed by atoms with Crippen LogP contribution in [0.1, 0.15) is 19.3 Å². The summed E-state index contributed by atoms with van der Waals surface area (Å²) in [4.78, 5) is 14.8. The Labute approximate surface area is 111 Å².